The highest BCUT2D eigenvalue weighted by Crippen LogP contribution is 2.34. The van der Waals surface area contributed by atoms with Crippen molar-refractivity contribution < 1.29 is 23.8 Å². The zero-order valence-electron chi connectivity index (χ0n) is 23.9. The van der Waals surface area contributed by atoms with Crippen molar-refractivity contribution in [2.45, 2.75) is 123 Å². The molecule has 0 aromatic heterocycles. The lowest BCUT2D eigenvalue weighted by Gasteiger charge is -2.32. The smallest absolute Gasteiger partial charge is 0.407 e. The van der Waals surface area contributed by atoms with E-state index >= 15 is 0 Å². The number of aliphatic imine (C=N–C) groups is 1. The van der Waals surface area contributed by atoms with Gasteiger partial charge in [0.25, 0.3) is 0 Å². The summed E-state index contributed by atoms with van der Waals surface area (Å²) in [5.41, 5.74) is 6.07. The Labute approximate surface area is 227 Å². The third kappa shape index (κ3) is 9.10. The molecule has 4 N–H and O–H groups in total. The number of amidine groups is 1. The highest BCUT2D eigenvalue weighted by molar-refractivity contribution is 5.89. The van der Waals surface area contributed by atoms with Gasteiger partial charge in [-0.1, -0.05) is 45.1 Å². The van der Waals surface area contributed by atoms with Gasteiger partial charge in [0.1, 0.15) is 28.5 Å². The van der Waals surface area contributed by atoms with Crippen molar-refractivity contribution in [1.29, 1.82) is 0 Å². The summed E-state index contributed by atoms with van der Waals surface area (Å²) in [6.07, 6.45) is 6.72. The Bertz CT molecular complexity index is 1000. The minimum absolute atomic E-state index is 0.177. The first-order chi connectivity index (χ1) is 17.9. The fourth-order valence-corrected chi connectivity index (χ4v) is 5.41. The first kappa shape index (κ1) is 29.6. The van der Waals surface area contributed by atoms with E-state index < -0.39 is 23.4 Å². The van der Waals surface area contributed by atoms with Crippen molar-refractivity contribution in [2.24, 2.45) is 16.6 Å². The predicted octanol–water partition coefficient (Wildman–Crippen LogP) is 6.10. The maximum absolute atomic E-state index is 12.7. The third-order valence-electron chi connectivity index (χ3n) is 7.12. The average Bonchev–Trinajstić information content (AvgIpc) is 3.29. The van der Waals surface area contributed by atoms with E-state index in [1.807, 2.05) is 52.8 Å². The molecule has 0 saturated heterocycles. The van der Waals surface area contributed by atoms with Gasteiger partial charge in [-0.25, -0.2) is 14.6 Å². The van der Waals surface area contributed by atoms with Gasteiger partial charge in [-0.2, -0.15) is 0 Å². The van der Waals surface area contributed by atoms with Crippen LogP contribution in [0.15, 0.2) is 23.2 Å². The fraction of sp³-hybridized carbons (Fsp3) is 0.690. The summed E-state index contributed by atoms with van der Waals surface area (Å²) in [7, 11) is 0. The Kier molecular flexibility index (Phi) is 9.90. The van der Waals surface area contributed by atoms with Gasteiger partial charge < -0.3 is 30.6 Å². The van der Waals surface area contributed by atoms with Crippen LogP contribution in [0.1, 0.15) is 98.5 Å². The van der Waals surface area contributed by atoms with E-state index in [9.17, 15) is 9.59 Å². The number of nitrogens with one attached hydrogen (secondary N) is 2. The molecular weight excluding hydrogens is 484 g/mol. The number of fused-ring (bicyclic) bond motifs is 1. The molecule has 1 heterocycles. The van der Waals surface area contributed by atoms with Gasteiger partial charge in [0, 0.05) is 19.0 Å². The maximum atomic E-state index is 12.7. The number of hydrogen-bond donors (Lipinski definition) is 3. The number of carbonyl (C=O) groups excluding carboxylic acids is 2. The quantitative estimate of drug-likeness (QED) is 0.317. The summed E-state index contributed by atoms with van der Waals surface area (Å²) in [5, 5.41) is 5.81. The maximum Gasteiger partial charge on any atom is 0.407 e. The molecule has 212 valence electrons. The van der Waals surface area contributed by atoms with Crippen LogP contribution in [0.2, 0.25) is 0 Å². The Morgan fingerprint density at radius 1 is 1.13 bits per heavy atom. The summed E-state index contributed by atoms with van der Waals surface area (Å²) in [4.78, 5) is 29.7. The fourth-order valence-electron chi connectivity index (χ4n) is 5.41. The van der Waals surface area contributed by atoms with Crippen LogP contribution in [-0.4, -0.2) is 41.4 Å². The summed E-state index contributed by atoms with van der Waals surface area (Å²) in [5.74, 6) is 1.70. The zero-order chi connectivity index (χ0) is 27.9. The van der Waals surface area contributed by atoms with E-state index in [2.05, 4.69) is 22.5 Å². The van der Waals surface area contributed by atoms with Crippen molar-refractivity contribution in [3.8, 4) is 5.75 Å². The molecule has 38 heavy (non-hydrogen) atoms. The van der Waals surface area contributed by atoms with Gasteiger partial charge in [-0.05, 0) is 71.1 Å². The zero-order valence-corrected chi connectivity index (χ0v) is 23.9. The van der Waals surface area contributed by atoms with E-state index in [1.54, 1.807) is 0 Å². The van der Waals surface area contributed by atoms with Crippen molar-refractivity contribution in [1.82, 2.24) is 10.6 Å². The van der Waals surface area contributed by atoms with Crippen molar-refractivity contribution in [3.05, 3.63) is 23.8 Å². The normalized spacial score (nSPS) is 18.6. The van der Waals surface area contributed by atoms with Crippen LogP contribution in [0.3, 0.4) is 0 Å². The number of rotatable bonds is 11. The molecular formula is C29H46N4O5. The highest BCUT2D eigenvalue weighted by atomic mass is 16.6. The summed E-state index contributed by atoms with van der Waals surface area (Å²) in [6, 6.07) is 5.35. The third-order valence-corrected chi connectivity index (χ3v) is 7.12. The predicted molar refractivity (Wildman–Crippen MR) is 149 cm³/mol. The summed E-state index contributed by atoms with van der Waals surface area (Å²) < 4.78 is 17.3. The molecule has 1 aliphatic carbocycles. The molecule has 0 spiro atoms. The van der Waals surface area contributed by atoms with Crippen LogP contribution in [0, 0.1) is 5.92 Å². The van der Waals surface area contributed by atoms with Crippen LogP contribution in [0.4, 0.5) is 15.3 Å². The molecule has 9 nitrogen and oxygen atoms in total. The minimum atomic E-state index is -0.796. The van der Waals surface area contributed by atoms with Gasteiger partial charge in [-0.15, -0.1) is 0 Å². The Morgan fingerprint density at radius 2 is 1.82 bits per heavy atom. The van der Waals surface area contributed by atoms with Crippen LogP contribution in [0.5, 0.6) is 5.75 Å². The number of amides is 2. The molecule has 2 aliphatic rings. The lowest BCUT2D eigenvalue weighted by atomic mass is 9.92. The van der Waals surface area contributed by atoms with E-state index in [4.69, 9.17) is 19.9 Å². The number of alkyl carbamates (subject to hydrolysis) is 2. The lowest BCUT2D eigenvalue weighted by Crippen LogP contribution is -2.45. The Balaban J connectivity index is 1.48. The van der Waals surface area contributed by atoms with Gasteiger partial charge in [-0.3, -0.25) is 0 Å². The molecule has 1 fully saturated rings. The van der Waals surface area contributed by atoms with Gasteiger partial charge in [0.15, 0.2) is 6.10 Å². The molecule has 2 atom stereocenters. The number of carbonyl (C=O) groups is 2. The number of ether oxygens (including phenoxy) is 3. The van der Waals surface area contributed by atoms with Crippen LogP contribution in [-0.2, 0) is 16.0 Å². The second-order valence-corrected chi connectivity index (χ2v) is 11.9. The second-order valence-electron chi connectivity index (χ2n) is 11.9. The largest absolute Gasteiger partial charge is 0.481 e. The van der Waals surface area contributed by atoms with E-state index in [0.717, 1.165) is 24.8 Å². The first-order valence-electron chi connectivity index (χ1n) is 14.0. The molecule has 1 aliphatic heterocycles. The number of hydrogen-bond acceptors (Lipinski definition) is 7. The van der Waals surface area contributed by atoms with E-state index in [1.165, 1.54) is 25.7 Å². The van der Waals surface area contributed by atoms with Gasteiger partial charge >= 0.3 is 12.2 Å². The average molecular weight is 531 g/mol. The molecule has 1 aromatic carbocycles. The molecule has 1 aromatic rings. The first-order valence-corrected chi connectivity index (χ1v) is 14.0. The van der Waals surface area contributed by atoms with Gasteiger partial charge in [0.2, 0.25) is 0 Å². The standard InChI is InChI=1S/C29H46N4O5/c1-7-10-22(32-27(35)38-28(3,4)16-20-11-8-9-12-20)17-29(5,6)37-26(34)31-18-21-13-14-24-23(15-21)33-25(30)19(2)36-24/h13-15,19-20,22H,7-12,16-18H2,1-6H3,(H2,30,33)(H,31,34)(H,32,35). The van der Waals surface area contributed by atoms with E-state index in [-0.39, 0.29) is 18.7 Å². The lowest BCUT2D eigenvalue weighted by molar-refractivity contribution is 0.0102. The minimum Gasteiger partial charge on any atom is -0.481 e. The van der Waals surface area contributed by atoms with Crippen molar-refractivity contribution >= 4 is 23.7 Å². The van der Waals surface area contributed by atoms with E-state index in [0.29, 0.717) is 29.6 Å². The van der Waals surface area contributed by atoms with Crippen LogP contribution in [0.25, 0.3) is 0 Å². The Hall–Kier alpha value is -2.97. The van der Waals surface area contributed by atoms with Gasteiger partial charge in [0.05, 0.1) is 0 Å². The van der Waals surface area contributed by atoms with Crippen LogP contribution < -0.4 is 21.1 Å². The number of nitrogens with zero attached hydrogens (tertiary/aromatic N) is 1. The SMILES string of the molecule is CCCC(CC(C)(C)OC(=O)NCc1ccc2c(c1)N=C(N)C(C)O2)NC(=O)OC(C)(C)CC1CCCC1. The molecule has 0 bridgehead atoms. The molecule has 1 saturated carbocycles. The molecule has 3 rings (SSSR count). The summed E-state index contributed by atoms with van der Waals surface area (Å²) in [6.45, 7) is 11.8. The number of benzene rings is 1. The highest BCUT2D eigenvalue weighted by Gasteiger charge is 2.32. The molecule has 0 radical (unpaired) electrons. The second kappa shape index (κ2) is 12.7. The number of nitrogens with two attached hydrogens (primary N) is 1. The topological polar surface area (TPSA) is 124 Å². The van der Waals surface area contributed by atoms with Crippen molar-refractivity contribution in [2.75, 3.05) is 0 Å². The molecule has 2 unspecified atom stereocenters. The van der Waals surface area contributed by atoms with Crippen LogP contribution >= 0.6 is 0 Å². The molecule has 2 amide bonds. The molecule has 9 heteroatoms. The Morgan fingerprint density at radius 3 is 2.50 bits per heavy atom. The monoisotopic (exact) mass is 530 g/mol. The summed E-state index contributed by atoms with van der Waals surface area (Å²) >= 11 is 0. The van der Waals surface area contributed by atoms with Crippen molar-refractivity contribution in [3.63, 3.8) is 0 Å².